The molecule has 2 N–H and O–H groups in total. The van der Waals surface area contributed by atoms with Gasteiger partial charge in [0.05, 0.1) is 23.8 Å². The van der Waals surface area contributed by atoms with Crippen LogP contribution in [-0.2, 0) is 6.42 Å². The molecular weight excluding hydrogens is 436 g/mol. The highest BCUT2D eigenvalue weighted by Gasteiger charge is 2.20. The number of carbonyl (C=O) groups is 1. The van der Waals surface area contributed by atoms with Crippen LogP contribution in [0, 0.1) is 18.3 Å². The Bertz CT molecular complexity index is 1600. The summed E-state index contributed by atoms with van der Waals surface area (Å²) in [5.41, 5.74) is 5.02. The third-order valence-electron chi connectivity index (χ3n) is 6.48. The molecule has 0 spiro atoms. The monoisotopic (exact) mass is 460 g/mol. The van der Waals surface area contributed by atoms with Crippen LogP contribution in [0.2, 0.25) is 0 Å². The van der Waals surface area contributed by atoms with Crippen molar-refractivity contribution in [3.8, 4) is 22.9 Å². The highest BCUT2D eigenvalue weighted by Crippen LogP contribution is 2.35. The van der Waals surface area contributed by atoms with Gasteiger partial charge in [0, 0.05) is 16.3 Å². The predicted molar refractivity (Wildman–Crippen MR) is 138 cm³/mol. The number of aromatic carboxylic acids is 1. The largest absolute Gasteiger partial charge is 0.493 e. The van der Waals surface area contributed by atoms with E-state index in [0.717, 1.165) is 49.7 Å². The standard InChI is InChI=1S/C30H24N2O3/c1-19-21(18-31)10-4-12-22(19)24-13-6-14-25-26(29(30(33)34)32-28(24)25)15-7-17-35-27-16-5-9-20-8-2-3-11-23(20)27/h2-6,8-14,16,32H,7,15,17H2,1H3,(H,33,34). The van der Waals surface area contributed by atoms with Gasteiger partial charge in [0.1, 0.15) is 11.4 Å². The van der Waals surface area contributed by atoms with Crippen LogP contribution in [-0.4, -0.2) is 22.7 Å². The van der Waals surface area contributed by atoms with E-state index in [1.165, 1.54) is 0 Å². The van der Waals surface area contributed by atoms with Crippen molar-refractivity contribution < 1.29 is 14.6 Å². The lowest BCUT2D eigenvalue weighted by Gasteiger charge is -2.10. The molecule has 5 heteroatoms. The lowest BCUT2D eigenvalue weighted by atomic mass is 9.94. The van der Waals surface area contributed by atoms with Gasteiger partial charge in [-0.2, -0.15) is 5.26 Å². The first kappa shape index (κ1) is 22.2. The molecule has 4 aromatic carbocycles. The number of aromatic nitrogens is 1. The van der Waals surface area contributed by atoms with E-state index < -0.39 is 5.97 Å². The van der Waals surface area contributed by atoms with Crippen molar-refractivity contribution in [2.75, 3.05) is 6.61 Å². The van der Waals surface area contributed by atoms with E-state index in [-0.39, 0.29) is 5.69 Å². The fraction of sp³-hybridized carbons (Fsp3) is 0.133. The average molecular weight is 461 g/mol. The highest BCUT2D eigenvalue weighted by atomic mass is 16.5. The van der Waals surface area contributed by atoms with Crippen molar-refractivity contribution in [2.45, 2.75) is 19.8 Å². The molecule has 0 atom stereocenters. The summed E-state index contributed by atoms with van der Waals surface area (Å²) in [6, 6.07) is 27.8. The second-order valence-electron chi connectivity index (χ2n) is 8.53. The van der Waals surface area contributed by atoms with Crippen LogP contribution >= 0.6 is 0 Å². The molecule has 35 heavy (non-hydrogen) atoms. The molecular formula is C30H24N2O3. The Morgan fingerprint density at radius 3 is 2.49 bits per heavy atom. The fourth-order valence-corrected chi connectivity index (χ4v) is 4.74. The van der Waals surface area contributed by atoms with Gasteiger partial charge in [0.2, 0.25) is 0 Å². The van der Waals surface area contributed by atoms with Crippen LogP contribution in [0.5, 0.6) is 5.75 Å². The predicted octanol–water partition coefficient (Wildman–Crippen LogP) is 6.88. The molecule has 172 valence electrons. The number of benzene rings is 4. The number of carboxylic acids is 1. The van der Waals surface area contributed by atoms with E-state index in [9.17, 15) is 15.2 Å². The van der Waals surface area contributed by atoms with Crippen LogP contribution in [0.4, 0.5) is 0 Å². The molecule has 0 aliphatic heterocycles. The summed E-state index contributed by atoms with van der Waals surface area (Å²) in [5.74, 6) is -0.157. The Hall–Kier alpha value is -4.56. The number of hydrogen-bond donors (Lipinski definition) is 2. The second-order valence-corrected chi connectivity index (χ2v) is 8.53. The number of ether oxygens (including phenoxy) is 1. The van der Waals surface area contributed by atoms with E-state index in [1.54, 1.807) is 6.07 Å². The van der Waals surface area contributed by atoms with Crippen molar-refractivity contribution in [3.05, 3.63) is 101 Å². The van der Waals surface area contributed by atoms with Crippen molar-refractivity contribution >= 4 is 27.6 Å². The number of nitriles is 1. The van der Waals surface area contributed by atoms with Gasteiger partial charge in [-0.1, -0.05) is 66.7 Å². The lowest BCUT2D eigenvalue weighted by molar-refractivity contribution is 0.0690. The van der Waals surface area contributed by atoms with Crippen molar-refractivity contribution in [1.29, 1.82) is 5.26 Å². The Labute approximate surface area is 203 Å². The van der Waals surface area contributed by atoms with Gasteiger partial charge in [-0.05, 0) is 54.0 Å². The third-order valence-corrected chi connectivity index (χ3v) is 6.48. The molecule has 0 fully saturated rings. The quantitative estimate of drug-likeness (QED) is 0.259. The molecule has 1 aromatic heterocycles. The third kappa shape index (κ3) is 4.11. The number of hydrogen-bond acceptors (Lipinski definition) is 3. The number of aromatic amines is 1. The summed E-state index contributed by atoms with van der Waals surface area (Å²) in [7, 11) is 0. The van der Waals surface area contributed by atoms with Crippen LogP contribution in [0.25, 0.3) is 32.8 Å². The maximum Gasteiger partial charge on any atom is 0.352 e. The van der Waals surface area contributed by atoms with E-state index in [0.29, 0.717) is 25.0 Å². The molecule has 0 aliphatic carbocycles. The number of nitrogens with one attached hydrogen (secondary N) is 1. The number of aryl methyl sites for hydroxylation is 1. The molecule has 0 radical (unpaired) electrons. The van der Waals surface area contributed by atoms with Gasteiger partial charge in [-0.25, -0.2) is 4.79 Å². The number of carboxylic acid groups (broad SMARTS) is 1. The molecule has 0 bridgehead atoms. The van der Waals surface area contributed by atoms with Gasteiger partial charge >= 0.3 is 5.97 Å². The fourth-order valence-electron chi connectivity index (χ4n) is 4.74. The van der Waals surface area contributed by atoms with Crippen LogP contribution in [0.3, 0.4) is 0 Å². The van der Waals surface area contributed by atoms with Crippen molar-refractivity contribution in [3.63, 3.8) is 0 Å². The Morgan fingerprint density at radius 2 is 1.66 bits per heavy atom. The van der Waals surface area contributed by atoms with E-state index in [2.05, 4.69) is 23.2 Å². The zero-order chi connectivity index (χ0) is 24.4. The smallest absolute Gasteiger partial charge is 0.352 e. The van der Waals surface area contributed by atoms with Crippen LogP contribution in [0.1, 0.15) is 33.6 Å². The first-order valence-corrected chi connectivity index (χ1v) is 11.6. The minimum atomic E-state index is -0.986. The van der Waals surface area contributed by atoms with Crippen molar-refractivity contribution in [1.82, 2.24) is 4.98 Å². The van der Waals surface area contributed by atoms with Gasteiger partial charge in [0.25, 0.3) is 0 Å². The second kappa shape index (κ2) is 9.36. The summed E-state index contributed by atoms with van der Waals surface area (Å²) >= 11 is 0. The SMILES string of the molecule is Cc1c(C#N)cccc1-c1cccc2c(CCCOc3cccc4ccccc34)c(C(=O)O)[nH]c12. The number of rotatable bonds is 7. The summed E-state index contributed by atoms with van der Waals surface area (Å²) in [5, 5.41) is 22.4. The van der Waals surface area contributed by atoms with Gasteiger partial charge in [-0.15, -0.1) is 0 Å². The number of fused-ring (bicyclic) bond motifs is 2. The minimum absolute atomic E-state index is 0.201. The molecule has 0 amide bonds. The Kier molecular flexibility index (Phi) is 5.95. The summed E-state index contributed by atoms with van der Waals surface area (Å²) < 4.78 is 6.08. The maximum absolute atomic E-state index is 12.1. The number of para-hydroxylation sites is 1. The van der Waals surface area contributed by atoms with E-state index in [1.807, 2.05) is 67.6 Å². The summed E-state index contributed by atoms with van der Waals surface area (Å²) in [6.07, 6.45) is 1.23. The van der Waals surface area contributed by atoms with E-state index in [4.69, 9.17) is 4.74 Å². The van der Waals surface area contributed by atoms with Gasteiger partial charge < -0.3 is 14.8 Å². The van der Waals surface area contributed by atoms with Gasteiger partial charge in [0.15, 0.2) is 0 Å². The minimum Gasteiger partial charge on any atom is -0.493 e. The number of H-pyrrole nitrogens is 1. The molecule has 0 saturated heterocycles. The molecule has 1 heterocycles. The molecule has 0 saturated carbocycles. The Morgan fingerprint density at radius 1 is 0.943 bits per heavy atom. The van der Waals surface area contributed by atoms with Crippen molar-refractivity contribution in [2.24, 2.45) is 0 Å². The topological polar surface area (TPSA) is 86.1 Å². The summed E-state index contributed by atoms with van der Waals surface area (Å²) in [6.45, 7) is 2.39. The average Bonchev–Trinajstić information content (AvgIpc) is 3.26. The molecule has 5 nitrogen and oxygen atoms in total. The zero-order valence-corrected chi connectivity index (χ0v) is 19.3. The Balaban J connectivity index is 1.44. The zero-order valence-electron chi connectivity index (χ0n) is 19.3. The van der Waals surface area contributed by atoms with Crippen LogP contribution in [0.15, 0.2) is 78.9 Å². The normalized spacial score (nSPS) is 11.0. The molecule has 0 unspecified atom stereocenters. The lowest BCUT2D eigenvalue weighted by Crippen LogP contribution is -2.04. The summed E-state index contributed by atoms with van der Waals surface area (Å²) in [4.78, 5) is 15.3. The molecule has 5 aromatic rings. The van der Waals surface area contributed by atoms with E-state index >= 15 is 0 Å². The first-order chi connectivity index (χ1) is 17.1. The highest BCUT2D eigenvalue weighted by molar-refractivity contribution is 6.03. The molecule has 0 aliphatic rings. The van der Waals surface area contributed by atoms with Crippen LogP contribution < -0.4 is 4.74 Å². The first-order valence-electron chi connectivity index (χ1n) is 11.6. The number of nitrogens with zero attached hydrogens (tertiary/aromatic N) is 1. The van der Waals surface area contributed by atoms with Gasteiger partial charge in [-0.3, -0.25) is 0 Å². The maximum atomic E-state index is 12.1. The molecule has 5 rings (SSSR count).